The van der Waals surface area contributed by atoms with Crippen molar-refractivity contribution in [2.45, 2.75) is 13.8 Å². The number of para-hydroxylation sites is 2. The number of esters is 1. The fourth-order valence-electron chi connectivity index (χ4n) is 1.81. The van der Waals surface area contributed by atoms with Crippen LogP contribution in [0.2, 0.25) is 0 Å². The molecule has 0 spiro atoms. The highest BCUT2D eigenvalue weighted by Crippen LogP contribution is 2.17. The van der Waals surface area contributed by atoms with Gasteiger partial charge in [0.05, 0.1) is 11.1 Å². The summed E-state index contributed by atoms with van der Waals surface area (Å²) in [6.45, 7) is 2.50. The zero-order valence-corrected chi connectivity index (χ0v) is 14.2. The number of primary amides is 1. The summed E-state index contributed by atoms with van der Waals surface area (Å²) in [5, 5.41) is 11.3. The molecule has 26 heavy (non-hydrogen) atoms. The number of rotatable bonds is 3. The molecule has 0 aromatic heterocycles. The highest BCUT2D eigenvalue weighted by molar-refractivity contribution is 6.05. The van der Waals surface area contributed by atoms with Crippen LogP contribution >= 0.6 is 0 Å². The second-order valence-corrected chi connectivity index (χ2v) is 4.98. The number of phenols is 1. The molecule has 0 unspecified atom stereocenters. The Hall–Kier alpha value is -3.68. The lowest BCUT2D eigenvalue weighted by molar-refractivity contribution is -0.131. The molecule has 0 aliphatic carbocycles. The largest absolute Gasteiger partial charge is 0.507 e. The van der Waals surface area contributed by atoms with Gasteiger partial charge in [0.15, 0.2) is 0 Å². The minimum Gasteiger partial charge on any atom is -0.507 e. The second-order valence-electron chi connectivity index (χ2n) is 4.98. The van der Waals surface area contributed by atoms with Crippen LogP contribution in [-0.4, -0.2) is 28.8 Å². The van der Waals surface area contributed by atoms with E-state index in [4.69, 9.17) is 10.5 Å². The number of nitrogens with one attached hydrogen (secondary N) is 1. The number of hydrogen-bond donors (Lipinski definition) is 3. The third-order valence-electron chi connectivity index (χ3n) is 2.84. The summed E-state index contributed by atoms with van der Waals surface area (Å²) in [7, 11) is 0. The molecule has 8 heteroatoms. The monoisotopic (exact) mass is 358 g/mol. The first-order chi connectivity index (χ1) is 12.2. The molecule has 0 fully saturated rings. The number of amides is 3. The van der Waals surface area contributed by atoms with Gasteiger partial charge >= 0.3 is 5.97 Å². The van der Waals surface area contributed by atoms with E-state index < -0.39 is 23.7 Å². The van der Waals surface area contributed by atoms with E-state index in [1.807, 2.05) is 0 Å². The Kier molecular flexibility index (Phi) is 7.50. The normalized spacial score (nSPS) is 9.31. The molecule has 2 rings (SSSR count). The second kappa shape index (κ2) is 9.58. The van der Waals surface area contributed by atoms with Crippen LogP contribution in [0.5, 0.6) is 11.5 Å². The standard InChI is InChI=1S/2C9H9NO3/c1-6(11)13-8-5-3-2-4-7(8)9(10)12;1-6(11)10-9(13)7-4-2-3-5-8(7)12/h2-5H,1H3,(H2,10,12);2-5,12H,1H3,(H,10,11,13). The highest BCUT2D eigenvalue weighted by Gasteiger charge is 2.10. The Labute approximate surface area is 149 Å². The summed E-state index contributed by atoms with van der Waals surface area (Å²) < 4.78 is 4.77. The molecule has 8 nitrogen and oxygen atoms in total. The Morgan fingerprint density at radius 3 is 1.96 bits per heavy atom. The molecule has 136 valence electrons. The zero-order valence-electron chi connectivity index (χ0n) is 14.2. The molecule has 4 N–H and O–H groups in total. The Morgan fingerprint density at radius 2 is 1.46 bits per heavy atom. The summed E-state index contributed by atoms with van der Waals surface area (Å²) in [5.74, 6) is -2.08. The number of benzene rings is 2. The quantitative estimate of drug-likeness (QED) is 0.560. The van der Waals surface area contributed by atoms with E-state index in [1.54, 1.807) is 24.3 Å². The molecule has 0 atom stereocenters. The van der Waals surface area contributed by atoms with Gasteiger partial charge in [-0.25, -0.2) is 0 Å². The van der Waals surface area contributed by atoms with Crippen molar-refractivity contribution in [2.75, 3.05) is 0 Å². The molecule has 0 radical (unpaired) electrons. The van der Waals surface area contributed by atoms with E-state index in [1.165, 1.54) is 38.1 Å². The minimum absolute atomic E-state index is 0.0951. The third-order valence-corrected chi connectivity index (χ3v) is 2.84. The van der Waals surface area contributed by atoms with Crippen molar-refractivity contribution in [2.24, 2.45) is 5.73 Å². The lowest BCUT2D eigenvalue weighted by atomic mass is 10.2. The number of carbonyl (C=O) groups excluding carboxylic acids is 4. The molecule has 0 aliphatic heterocycles. The SMILES string of the molecule is CC(=O)NC(=O)c1ccccc1O.CC(=O)Oc1ccccc1C(N)=O. The molecule has 0 saturated heterocycles. The smallest absolute Gasteiger partial charge is 0.308 e. The van der Waals surface area contributed by atoms with E-state index in [0.717, 1.165) is 0 Å². The molecule has 3 amide bonds. The number of ether oxygens (including phenoxy) is 1. The summed E-state index contributed by atoms with van der Waals surface area (Å²) >= 11 is 0. The number of hydrogen-bond acceptors (Lipinski definition) is 6. The van der Waals surface area contributed by atoms with Gasteiger partial charge in [0, 0.05) is 13.8 Å². The van der Waals surface area contributed by atoms with E-state index in [9.17, 15) is 24.3 Å². The molecule has 0 bridgehead atoms. The van der Waals surface area contributed by atoms with Gasteiger partial charge in [-0.2, -0.15) is 0 Å². The van der Waals surface area contributed by atoms with Crippen molar-refractivity contribution in [3.05, 3.63) is 59.7 Å². The average Bonchev–Trinajstić information content (AvgIpc) is 2.55. The summed E-state index contributed by atoms with van der Waals surface area (Å²) in [6, 6.07) is 12.3. The van der Waals surface area contributed by atoms with Crippen LogP contribution in [0, 0.1) is 0 Å². The topological polar surface area (TPSA) is 136 Å². The number of imide groups is 1. The number of aromatic hydroxyl groups is 1. The van der Waals surface area contributed by atoms with Crippen LogP contribution in [0.25, 0.3) is 0 Å². The zero-order chi connectivity index (χ0) is 19.7. The molecule has 2 aromatic rings. The Morgan fingerprint density at radius 1 is 0.923 bits per heavy atom. The van der Waals surface area contributed by atoms with Gasteiger partial charge in [0.25, 0.3) is 11.8 Å². The van der Waals surface area contributed by atoms with E-state index in [-0.39, 0.29) is 22.6 Å². The van der Waals surface area contributed by atoms with Crippen molar-refractivity contribution >= 4 is 23.7 Å². The van der Waals surface area contributed by atoms with Gasteiger partial charge in [-0.05, 0) is 24.3 Å². The summed E-state index contributed by atoms with van der Waals surface area (Å²) in [6.07, 6.45) is 0. The fraction of sp³-hybridized carbons (Fsp3) is 0.111. The molecular weight excluding hydrogens is 340 g/mol. The molecule has 0 saturated carbocycles. The molecular formula is C18H18N2O6. The van der Waals surface area contributed by atoms with Crippen LogP contribution in [-0.2, 0) is 9.59 Å². The average molecular weight is 358 g/mol. The maximum Gasteiger partial charge on any atom is 0.308 e. The summed E-state index contributed by atoms with van der Waals surface area (Å²) in [4.78, 5) is 43.2. The summed E-state index contributed by atoms with van der Waals surface area (Å²) in [5.41, 5.74) is 5.36. The van der Waals surface area contributed by atoms with Gasteiger partial charge in [-0.3, -0.25) is 24.5 Å². The molecule has 0 heterocycles. The maximum absolute atomic E-state index is 11.2. The van der Waals surface area contributed by atoms with Crippen molar-refractivity contribution in [3.63, 3.8) is 0 Å². The fourth-order valence-corrected chi connectivity index (χ4v) is 1.81. The highest BCUT2D eigenvalue weighted by atomic mass is 16.5. The van der Waals surface area contributed by atoms with Crippen LogP contribution in [0.15, 0.2) is 48.5 Å². The van der Waals surface area contributed by atoms with Crippen molar-refractivity contribution in [1.82, 2.24) is 5.32 Å². The third kappa shape index (κ3) is 6.44. The van der Waals surface area contributed by atoms with Crippen LogP contribution in [0.4, 0.5) is 0 Å². The number of phenolic OH excluding ortho intramolecular Hbond substituents is 1. The maximum atomic E-state index is 11.2. The van der Waals surface area contributed by atoms with Gasteiger partial charge in [0.2, 0.25) is 5.91 Å². The van der Waals surface area contributed by atoms with Gasteiger partial charge in [-0.1, -0.05) is 24.3 Å². The Bertz CT molecular complexity index is 832. The molecule has 0 aliphatic rings. The first-order valence-electron chi connectivity index (χ1n) is 7.39. The van der Waals surface area contributed by atoms with Crippen molar-refractivity contribution in [3.8, 4) is 11.5 Å². The van der Waals surface area contributed by atoms with Gasteiger partial charge < -0.3 is 15.6 Å². The van der Waals surface area contributed by atoms with Crippen LogP contribution < -0.4 is 15.8 Å². The van der Waals surface area contributed by atoms with Crippen LogP contribution in [0.3, 0.4) is 0 Å². The number of carbonyl (C=O) groups is 4. The van der Waals surface area contributed by atoms with Gasteiger partial charge in [-0.15, -0.1) is 0 Å². The van der Waals surface area contributed by atoms with E-state index in [0.29, 0.717) is 0 Å². The van der Waals surface area contributed by atoms with Gasteiger partial charge in [0.1, 0.15) is 11.5 Å². The van der Waals surface area contributed by atoms with Crippen molar-refractivity contribution < 1.29 is 29.0 Å². The Balaban J connectivity index is 0.000000260. The lowest BCUT2D eigenvalue weighted by Crippen LogP contribution is -2.27. The predicted molar refractivity (Wildman–Crippen MR) is 92.5 cm³/mol. The van der Waals surface area contributed by atoms with E-state index >= 15 is 0 Å². The first kappa shape index (κ1) is 20.4. The minimum atomic E-state index is -0.614. The van der Waals surface area contributed by atoms with E-state index in [2.05, 4.69) is 5.32 Å². The predicted octanol–water partition coefficient (Wildman–Crippen LogP) is 1.38. The number of nitrogens with two attached hydrogens (primary N) is 1. The lowest BCUT2D eigenvalue weighted by Gasteiger charge is -2.04. The van der Waals surface area contributed by atoms with Crippen molar-refractivity contribution in [1.29, 1.82) is 0 Å². The molecule has 2 aromatic carbocycles. The van der Waals surface area contributed by atoms with Crippen LogP contribution in [0.1, 0.15) is 34.6 Å². The first-order valence-corrected chi connectivity index (χ1v) is 7.39.